The van der Waals surface area contributed by atoms with Crippen molar-refractivity contribution in [3.8, 4) is 0 Å². The first-order chi connectivity index (χ1) is 6.86. The zero-order chi connectivity index (χ0) is 10.2. The van der Waals surface area contributed by atoms with Crippen LogP contribution in [0.3, 0.4) is 0 Å². The molecule has 1 fully saturated rings. The zero-order valence-corrected chi connectivity index (χ0v) is 8.91. The second-order valence-corrected chi connectivity index (χ2v) is 3.89. The Morgan fingerprint density at radius 1 is 1.50 bits per heavy atom. The van der Waals surface area contributed by atoms with Crippen molar-refractivity contribution in [1.29, 1.82) is 0 Å². The molecule has 3 heteroatoms. The SMILES string of the molecule is C=CCN(CCO)CCC1CCCN1. The summed E-state index contributed by atoms with van der Waals surface area (Å²) in [6.45, 7) is 7.84. The summed E-state index contributed by atoms with van der Waals surface area (Å²) in [6.07, 6.45) is 5.71. The van der Waals surface area contributed by atoms with E-state index in [-0.39, 0.29) is 6.61 Å². The lowest BCUT2D eigenvalue weighted by Crippen LogP contribution is -2.32. The number of nitrogens with one attached hydrogen (secondary N) is 1. The van der Waals surface area contributed by atoms with E-state index in [1.807, 2.05) is 6.08 Å². The van der Waals surface area contributed by atoms with E-state index in [1.54, 1.807) is 0 Å². The summed E-state index contributed by atoms with van der Waals surface area (Å²) in [7, 11) is 0. The van der Waals surface area contributed by atoms with Gasteiger partial charge in [0.2, 0.25) is 0 Å². The summed E-state index contributed by atoms with van der Waals surface area (Å²) in [4.78, 5) is 2.24. The van der Waals surface area contributed by atoms with Gasteiger partial charge in [-0.1, -0.05) is 6.08 Å². The monoisotopic (exact) mass is 198 g/mol. The van der Waals surface area contributed by atoms with Crippen LogP contribution >= 0.6 is 0 Å². The van der Waals surface area contributed by atoms with E-state index in [1.165, 1.54) is 25.8 Å². The lowest BCUT2D eigenvalue weighted by atomic mass is 10.1. The summed E-state index contributed by atoms with van der Waals surface area (Å²) in [5, 5.41) is 12.3. The van der Waals surface area contributed by atoms with Gasteiger partial charge in [0.25, 0.3) is 0 Å². The largest absolute Gasteiger partial charge is 0.395 e. The third kappa shape index (κ3) is 4.22. The van der Waals surface area contributed by atoms with Crippen molar-refractivity contribution in [3.05, 3.63) is 12.7 Å². The lowest BCUT2D eigenvalue weighted by molar-refractivity contribution is 0.203. The maximum atomic E-state index is 8.86. The fraction of sp³-hybridized carbons (Fsp3) is 0.818. The summed E-state index contributed by atoms with van der Waals surface area (Å²) in [5.41, 5.74) is 0. The Kier molecular flexibility index (Phi) is 5.83. The van der Waals surface area contributed by atoms with E-state index >= 15 is 0 Å². The van der Waals surface area contributed by atoms with Crippen molar-refractivity contribution in [2.45, 2.75) is 25.3 Å². The van der Waals surface area contributed by atoms with E-state index in [9.17, 15) is 0 Å². The van der Waals surface area contributed by atoms with Crippen LogP contribution in [0.5, 0.6) is 0 Å². The highest BCUT2D eigenvalue weighted by atomic mass is 16.3. The van der Waals surface area contributed by atoms with Crippen molar-refractivity contribution >= 4 is 0 Å². The molecule has 1 aliphatic heterocycles. The third-order valence-electron chi connectivity index (χ3n) is 2.76. The fourth-order valence-electron chi connectivity index (χ4n) is 1.96. The van der Waals surface area contributed by atoms with Gasteiger partial charge >= 0.3 is 0 Å². The molecule has 0 radical (unpaired) electrons. The first-order valence-corrected chi connectivity index (χ1v) is 5.54. The predicted octanol–water partition coefficient (Wildman–Crippen LogP) is 0.609. The van der Waals surface area contributed by atoms with E-state index in [0.29, 0.717) is 6.04 Å². The molecule has 1 aliphatic rings. The van der Waals surface area contributed by atoms with Crippen molar-refractivity contribution in [2.24, 2.45) is 0 Å². The second-order valence-electron chi connectivity index (χ2n) is 3.89. The lowest BCUT2D eigenvalue weighted by Gasteiger charge is -2.21. The minimum atomic E-state index is 0.242. The average Bonchev–Trinajstić information content (AvgIpc) is 2.67. The van der Waals surface area contributed by atoms with E-state index in [4.69, 9.17) is 5.11 Å². The standard InChI is InChI=1S/C11H22N2O/c1-2-7-13(9-10-14)8-5-11-4-3-6-12-11/h2,11-12,14H,1,3-10H2. The molecule has 1 heterocycles. The normalized spacial score (nSPS) is 21.7. The number of rotatable bonds is 7. The van der Waals surface area contributed by atoms with Gasteiger partial charge in [0.15, 0.2) is 0 Å². The Balaban J connectivity index is 2.13. The quantitative estimate of drug-likeness (QED) is 0.588. The van der Waals surface area contributed by atoms with Gasteiger partial charge in [-0.05, 0) is 25.8 Å². The first kappa shape index (κ1) is 11.7. The number of aliphatic hydroxyl groups is 1. The summed E-state index contributed by atoms with van der Waals surface area (Å²) < 4.78 is 0. The topological polar surface area (TPSA) is 35.5 Å². The molecule has 1 unspecified atom stereocenters. The van der Waals surface area contributed by atoms with Crippen LogP contribution in [-0.4, -0.2) is 48.8 Å². The van der Waals surface area contributed by atoms with E-state index in [0.717, 1.165) is 19.6 Å². The number of nitrogens with zero attached hydrogens (tertiary/aromatic N) is 1. The van der Waals surface area contributed by atoms with Gasteiger partial charge in [-0.3, -0.25) is 4.90 Å². The Morgan fingerprint density at radius 3 is 2.93 bits per heavy atom. The molecule has 3 nitrogen and oxygen atoms in total. The Hall–Kier alpha value is -0.380. The minimum Gasteiger partial charge on any atom is -0.395 e. The van der Waals surface area contributed by atoms with Crippen LogP contribution in [0.25, 0.3) is 0 Å². The van der Waals surface area contributed by atoms with Crippen LogP contribution < -0.4 is 5.32 Å². The van der Waals surface area contributed by atoms with Crippen LogP contribution in [0.1, 0.15) is 19.3 Å². The van der Waals surface area contributed by atoms with Gasteiger partial charge in [0, 0.05) is 25.7 Å². The molecule has 0 bridgehead atoms. The molecule has 0 spiro atoms. The van der Waals surface area contributed by atoms with Gasteiger partial charge in [0.05, 0.1) is 6.61 Å². The highest BCUT2D eigenvalue weighted by molar-refractivity contribution is 4.78. The molecule has 0 aromatic heterocycles. The highest BCUT2D eigenvalue weighted by Crippen LogP contribution is 2.09. The van der Waals surface area contributed by atoms with Gasteiger partial charge in [-0.2, -0.15) is 0 Å². The average molecular weight is 198 g/mol. The van der Waals surface area contributed by atoms with Crippen LogP contribution in [0.15, 0.2) is 12.7 Å². The van der Waals surface area contributed by atoms with Crippen molar-refractivity contribution in [3.63, 3.8) is 0 Å². The van der Waals surface area contributed by atoms with Crippen LogP contribution in [-0.2, 0) is 0 Å². The molecule has 1 rings (SSSR count). The number of hydrogen-bond acceptors (Lipinski definition) is 3. The molecule has 0 amide bonds. The zero-order valence-electron chi connectivity index (χ0n) is 8.91. The molecule has 2 N–H and O–H groups in total. The fourth-order valence-corrected chi connectivity index (χ4v) is 1.96. The van der Waals surface area contributed by atoms with Crippen LogP contribution in [0.2, 0.25) is 0 Å². The van der Waals surface area contributed by atoms with Gasteiger partial charge in [-0.15, -0.1) is 6.58 Å². The first-order valence-electron chi connectivity index (χ1n) is 5.54. The number of aliphatic hydroxyl groups excluding tert-OH is 1. The molecule has 0 aromatic carbocycles. The summed E-state index contributed by atoms with van der Waals surface area (Å²) in [5.74, 6) is 0. The molecule has 0 aliphatic carbocycles. The van der Waals surface area contributed by atoms with Gasteiger partial charge in [0.1, 0.15) is 0 Å². The summed E-state index contributed by atoms with van der Waals surface area (Å²) >= 11 is 0. The van der Waals surface area contributed by atoms with Crippen LogP contribution in [0.4, 0.5) is 0 Å². The van der Waals surface area contributed by atoms with Gasteiger partial charge < -0.3 is 10.4 Å². The molecular weight excluding hydrogens is 176 g/mol. The minimum absolute atomic E-state index is 0.242. The molecule has 14 heavy (non-hydrogen) atoms. The van der Waals surface area contributed by atoms with E-state index in [2.05, 4.69) is 16.8 Å². The highest BCUT2D eigenvalue weighted by Gasteiger charge is 2.14. The Bertz CT molecular complexity index is 155. The van der Waals surface area contributed by atoms with Crippen LogP contribution in [0, 0.1) is 0 Å². The number of hydrogen-bond donors (Lipinski definition) is 2. The van der Waals surface area contributed by atoms with Crippen molar-refractivity contribution < 1.29 is 5.11 Å². The smallest absolute Gasteiger partial charge is 0.0558 e. The predicted molar refractivity (Wildman–Crippen MR) is 59.4 cm³/mol. The molecule has 1 atom stereocenters. The summed E-state index contributed by atoms with van der Waals surface area (Å²) in [6, 6.07) is 0.695. The molecule has 1 saturated heterocycles. The maximum absolute atomic E-state index is 8.86. The molecule has 82 valence electrons. The second kappa shape index (κ2) is 6.98. The van der Waals surface area contributed by atoms with Crippen molar-refractivity contribution in [2.75, 3.05) is 32.8 Å². The van der Waals surface area contributed by atoms with Gasteiger partial charge in [-0.25, -0.2) is 0 Å². The van der Waals surface area contributed by atoms with E-state index < -0.39 is 0 Å². The Morgan fingerprint density at radius 2 is 2.36 bits per heavy atom. The third-order valence-corrected chi connectivity index (χ3v) is 2.76. The van der Waals surface area contributed by atoms with Crippen molar-refractivity contribution in [1.82, 2.24) is 10.2 Å². The maximum Gasteiger partial charge on any atom is 0.0558 e. The molecule has 0 aromatic rings. The Labute approximate surface area is 86.8 Å². The molecule has 0 saturated carbocycles. The molecular formula is C11H22N2O.